The molecule has 13 heavy (non-hydrogen) atoms. The molecule has 0 aromatic heterocycles. The van der Waals surface area contributed by atoms with Crippen LogP contribution >= 0.6 is 0 Å². The largest absolute Gasteiger partial charge is 0.388 e. The van der Waals surface area contributed by atoms with Gasteiger partial charge in [-0.3, -0.25) is 0 Å². The molecule has 1 heterocycles. The zero-order valence-electron chi connectivity index (χ0n) is 7.75. The van der Waals surface area contributed by atoms with Gasteiger partial charge in [-0.05, 0) is 6.92 Å². The van der Waals surface area contributed by atoms with Crippen LogP contribution in [0.25, 0.3) is 0 Å². The highest BCUT2D eigenvalue weighted by Crippen LogP contribution is 2.20. The first-order valence-electron chi connectivity index (χ1n) is 4.26. The lowest BCUT2D eigenvalue weighted by molar-refractivity contribution is -0.226. The fourth-order valence-electron chi connectivity index (χ4n) is 1.44. The molecule has 0 aromatic rings. The van der Waals surface area contributed by atoms with E-state index < -0.39 is 30.5 Å². The Morgan fingerprint density at radius 1 is 1.15 bits per heavy atom. The van der Waals surface area contributed by atoms with Gasteiger partial charge >= 0.3 is 0 Å². The highest BCUT2D eigenvalue weighted by atomic mass is 16.6. The maximum atomic E-state index is 9.44. The van der Waals surface area contributed by atoms with Crippen molar-refractivity contribution >= 4 is 0 Å². The lowest BCUT2D eigenvalue weighted by atomic mass is 9.96. The van der Waals surface area contributed by atoms with E-state index in [0.717, 1.165) is 0 Å². The van der Waals surface area contributed by atoms with Gasteiger partial charge in [0, 0.05) is 7.11 Å². The van der Waals surface area contributed by atoms with E-state index in [2.05, 4.69) is 0 Å². The Kier molecular flexibility index (Phi) is 3.63. The van der Waals surface area contributed by atoms with Gasteiger partial charge in [0.05, 0.1) is 12.7 Å². The molecule has 3 N–H and O–H groups in total. The molecule has 5 nitrogen and oxygen atoms in total. The lowest BCUT2D eigenvalue weighted by Crippen LogP contribution is -2.57. The van der Waals surface area contributed by atoms with Crippen LogP contribution in [-0.4, -0.2) is 59.6 Å². The molecule has 0 saturated carbocycles. The summed E-state index contributed by atoms with van der Waals surface area (Å²) in [6.07, 6.45) is -4.35. The summed E-state index contributed by atoms with van der Waals surface area (Å²) in [5.74, 6) is 0. The Hall–Kier alpha value is -0.200. The Labute approximate surface area is 76.9 Å². The van der Waals surface area contributed by atoms with Crippen LogP contribution in [0.15, 0.2) is 0 Å². The molecule has 0 aromatic carbocycles. The highest BCUT2D eigenvalue weighted by Gasteiger charge is 2.41. The number of methoxy groups -OCH3 is 1. The second-order valence-electron chi connectivity index (χ2n) is 3.31. The molecule has 0 aliphatic carbocycles. The van der Waals surface area contributed by atoms with Crippen LogP contribution in [0.2, 0.25) is 0 Å². The van der Waals surface area contributed by atoms with Crippen molar-refractivity contribution in [3.63, 3.8) is 0 Å². The maximum Gasteiger partial charge on any atom is 0.111 e. The predicted octanol–water partition coefficient (Wildman–Crippen LogP) is -1.50. The maximum absolute atomic E-state index is 9.44. The summed E-state index contributed by atoms with van der Waals surface area (Å²) in [6, 6.07) is 0. The van der Waals surface area contributed by atoms with Crippen molar-refractivity contribution in [2.45, 2.75) is 37.4 Å². The monoisotopic (exact) mass is 192 g/mol. The molecule has 1 saturated heterocycles. The third-order valence-corrected chi connectivity index (χ3v) is 2.28. The molecular formula is C8H16O5. The molecule has 1 aliphatic heterocycles. The molecule has 0 amide bonds. The van der Waals surface area contributed by atoms with Crippen LogP contribution in [-0.2, 0) is 9.47 Å². The van der Waals surface area contributed by atoms with Gasteiger partial charge in [-0.2, -0.15) is 0 Å². The fraction of sp³-hybridized carbons (Fsp3) is 1.00. The molecule has 1 unspecified atom stereocenters. The van der Waals surface area contributed by atoms with E-state index in [1.807, 2.05) is 0 Å². The molecule has 5 atom stereocenters. The molecule has 0 bridgehead atoms. The Balaban J connectivity index is 2.59. The van der Waals surface area contributed by atoms with Crippen molar-refractivity contribution in [2.75, 3.05) is 13.7 Å². The Bertz CT molecular complexity index is 163. The topological polar surface area (TPSA) is 79.2 Å². The SMILES string of the molecule is COCC1O[C@@H](C)[C@H](O)[C@@H](O)[C@@H]1O. The summed E-state index contributed by atoms with van der Waals surface area (Å²) in [5, 5.41) is 28.1. The van der Waals surface area contributed by atoms with E-state index in [1.165, 1.54) is 7.11 Å². The summed E-state index contributed by atoms with van der Waals surface area (Å²) in [4.78, 5) is 0. The molecule has 5 heteroatoms. The van der Waals surface area contributed by atoms with E-state index in [0.29, 0.717) is 0 Å². The van der Waals surface area contributed by atoms with Crippen molar-refractivity contribution in [2.24, 2.45) is 0 Å². The number of aliphatic hydroxyl groups excluding tert-OH is 3. The zero-order chi connectivity index (χ0) is 10.0. The first-order chi connectivity index (χ1) is 6.07. The normalized spacial score (nSPS) is 46.4. The molecule has 78 valence electrons. The Morgan fingerprint density at radius 2 is 1.77 bits per heavy atom. The van der Waals surface area contributed by atoms with Crippen molar-refractivity contribution in [1.29, 1.82) is 0 Å². The number of rotatable bonds is 2. The van der Waals surface area contributed by atoms with Crippen LogP contribution in [0.1, 0.15) is 6.92 Å². The minimum atomic E-state index is -1.16. The van der Waals surface area contributed by atoms with E-state index in [1.54, 1.807) is 6.92 Å². The molecule has 1 rings (SSSR count). The van der Waals surface area contributed by atoms with Crippen LogP contribution < -0.4 is 0 Å². The summed E-state index contributed by atoms with van der Waals surface area (Å²) in [5.41, 5.74) is 0. The average molecular weight is 192 g/mol. The first-order valence-corrected chi connectivity index (χ1v) is 4.26. The van der Waals surface area contributed by atoms with Gasteiger partial charge < -0.3 is 24.8 Å². The predicted molar refractivity (Wildman–Crippen MR) is 44.2 cm³/mol. The second-order valence-corrected chi connectivity index (χ2v) is 3.31. The standard InChI is InChI=1S/C8H16O5/c1-4-6(9)8(11)7(10)5(13-4)3-12-2/h4-11H,3H2,1-2H3/t4-,5?,6-,7+,8+/m0/s1. The molecule has 1 aliphatic rings. The van der Waals surface area contributed by atoms with E-state index >= 15 is 0 Å². The van der Waals surface area contributed by atoms with Crippen molar-refractivity contribution in [3.05, 3.63) is 0 Å². The minimum Gasteiger partial charge on any atom is -0.388 e. The smallest absolute Gasteiger partial charge is 0.111 e. The quantitative estimate of drug-likeness (QED) is 0.496. The molecule has 0 radical (unpaired) electrons. The first kappa shape index (κ1) is 10.9. The summed E-state index contributed by atoms with van der Waals surface area (Å²) >= 11 is 0. The number of hydrogen-bond acceptors (Lipinski definition) is 5. The van der Waals surface area contributed by atoms with Crippen molar-refractivity contribution in [3.8, 4) is 0 Å². The highest BCUT2D eigenvalue weighted by molar-refractivity contribution is 4.90. The van der Waals surface area contributed by atoms with Crippen molar-refractivity contribution in [1.82, 2.24) is 0 Å². The van der Waals surface area contributed by atoms with Crippen LogP contribution in [0, 0.1) is 0 Å². The van der Waals surface area contributed by atoms with Gasteiger partial charge in [0.2, 0.25) is 0 Å². The van der Waals surface area contributed by atoms with Crippen LogP contribution in [0.4, 0.5) is 0 Å². The van der Waals surface area contributed by atoms with E-state index in [-0.39, 0.29) is 6.61 Å². The lowest BCUT2D eigenvalue weighted by Gasteiger charge is -2.39. The zero-order valence-corrected chi connectivity index (χ0v) is 7.75. The Morgan fingerprint density at radius 3 is 2.31 bits per heavy atom. The van der Waals surface area contributed by atoms with Gasteiger partial charge in [0.1, 0.15) is 24.4 Å². The molecule has 1 fully saturated rings. The third-order valence-electron chi connectivity index (χ3n) is 2.28. The van der Waals surface area contributed by atoms with Gasteiger partial charge in [0.25, 0.3) is 0 Å². The van der Waals surface area contributed by atoms with Crippen molar-refractivity contribution < 1.29 is 24.8 Å². The van der Waals surface area contributed by atoms with E-state index in [4.69, 9.17) is 9.47 Å². The number of ether oxygens (including phenoxy) is 2. The summed E-state index contributed by atoms with van der Waals surface area (Å²) in [6.45, 7) is 1.84. The summed E-state index contributed by atoms with van der Waals surface area (Å²) < 4.78 is 10.0. The average Bonchev–Trinajstić information content (AvgIpc) is 2.11. The number of aliphatic hydroxyl groups is 3. The second kappa shape index (κ2) is 4.34. The van der Waals surface area contributed by atoms with Gasteiger partial charge in [-0.15, -0.1) is 0 Å². The third kappa shape index (κ3) is 2.18. The summed E-state index contributed by atoms with van der Waals surface area (Å²) in [7, 11) is 1.48. The van der Waals surface area contributed by atoms with Gasteiger partial charge in [-0.1, -0.05) is 0 Å². The van der Waals surface area contributed by atoms with Gasteiger partial charge in [-0.25, -0.2) is 0 Å². The fourth-order valence-corrected chi connectivity index (χ4v) is 1.44. The van der Waals surface area contributed by atoms with Gasteiger partial charge in [0.15, 0.2) is 0 Å². The van der Waals surface area contributed by atoms with Crippen LogP contribution in [0.5, 0.6) is 0 Å². The molecule has 0 spiro atoms. The molecular weight excluding hydrogens is 176 g/mol. The van der Waals surface area contributed by atoms with Crippen LogP contribution in [0.3, 0.4) is 0 Å². The van der Waals surface area contributed by atoms with E-state index in [9.17, 15) is 15.3 Å². The minimum absolute atomic E-state index is 0.204. The number of hydrogen-bond donors (Lipinski definition) is 3.